The van der Waals surface area contributed by atoms with E-state index >= 15 is 0 Å². The molecule has 4 bridgehead atoms. The van der Waals surface area contributed by atoms with Gasteiger partial charge in [-0.3, -0.25) is 0 Å². The summed E-state index contributed by atoms with van der Waals surface area (Å²) in [7, 11) is 0. The molecule has 162 valence electrons. The van der Waals surface area contributed by atoms with E-state index in [1.165, 1.54) is 31.0 Å². The molecule has 4 aliphatic rings. The van der Waals surface area contributed by atoms with Crippen molar-refractivity contribution in [1.82, 2.24) is 15.3 Å². The standard InChI is InChI=1S/C22H31N5O2S/c1-21(2,3)29-20(28)26-17-14-5-13-6-15(17)9-22(7-13,8-14)12-25-18-16(10-23)11-24-19(27-18)30-4/h11,13-15,17H,5-9,12H2,1-4H3,(H,26,28)(H,24,25,27)/t13?,14-,15+,17?,22?. The van der Waals surface area contributed by atoms with Crippen molar-refractivity contribution in [2.45, 2.75) is 69.7 Å². The van der Waals surface area contributed by atoms with Crippen molar-refractivity contribution in [2.75, 3.05) is 18.1 Å². The molecule has 0 saturated heterocycles. The van der Waals surface area contributed by atoms with Crippen molar-refractivity contribution < 1.29 is 9.53 Å². The van der Waals surface area contributed by atoms with Crippen LogP contribution in [-0.2, 0) is 4.74 Å². The number of thioether (sulfide) groups is 1. The number of ether oxygens (including phenoxy) is 1. The molecular weight excluding hydrogens is 398 g/mol. The second kappa shape index (κ2) is 7.92. The molecule has 1 aromatic heterocycles. The smallest absolute Gasteiger partial charge is 0.407 e. The molecule has 0 spiro atoms. The van der Waals surface area contributed by atoms with E-state index in [9.17, 15) is 10.1 Å². The molecular formula is C22H31N5O2S. The summed E-state index contributed by atoms with van der Waals surface area (Å²) in [4.78, 5) is 21.1. The van der Waals surface area contributed by atoms with Crippen LogP contribution in [0.1, 0.15) is 58.4 Å². The van der Waals surface area contributed by atoms with Gasteiger partial charge in [0.2, 0.25) is 0 Å². The van der Waals surface area contributed by atoms with Crippen molar-refractivity contribution in [1.29, 1.82) is 5.26 Å². The summed E-state index contributed by atoms with van der Waals surface area (Å²) in [6, 6.07) is 2.40. The Morgan fingerprint density at radius 3 is 2.63 bits per heavy atom. The first kappa shape index (κ1) is 21.2. The average molecular weight is 430 g/mol. The van der Waals surface area contributed by atoms with Crippen LogP contribution in [0.15, 0.2) is 11.4 Å². The van der Waals surface area contributed by atoms with Crippen molar-refractivity contribution in [3.8, 4) is 6.07 Å². The highest BCUT2D eigenvalue weighted by atomic mass is 32.2. The fraction of sp³-hybridized carbons (Fsp3) is 0.727. The number of nitrogens with zero attached hydrogens (tertiary/aromatic N) is 3. The zero-order valence-corrected chi connectivity index (χ0v) is 19.0. The zero-order valence-electron chi connectivity index (χ0n) is 18.2. The van der Waals surface area contributed by atoms with Crippen LogP contribution in [0.3, 0.4) is 0 Å². The first-order valence-electron chi connectivity index (χ1n) is 10.7. The minimum atomic E-state index is -0.479. The van der Waals surface area contributed by atoms with Crippen LogP contribution in [0.5, 0.6) is 0 Å². The van der Waals surface area contributed by atoms with Crippen LogP contribution in [0.25, 0.3) is 0 Å². The molecule has 4 fully saturated rings. The normalized spacial score (nSPS) is 31.8. The van der Waals surface area contributed by atoms with Gasteiger partial charge in [-0.1, -0.05) is 11.8 Å². The summed E-state index contributed by atoms with van der Waals surface area (Å²) in [5.74, 6) is 2.35. The minimum Gasteiger partial charge on any atom is -0.444 e. The monoisotopic (exact) mass is 429 g/mol. The Hall–Kier alpha value is -2.01. The Bertz CT molecular complexity index is 846. The largest absolute Gasteiger partial charge is 0.444 e. The molecule has 1 heterocycles. The quantitative estimate of drug-likeness (QED) is 0.534. The number of hydrogen-bond acceptors (Lipinski definition) is 7. The SMILES string of the molecule is CSc1ncc(C#N)c(NCC23CC4C[C@H](C2)C(NC(=O)OC(C)(C)C)[C@@H](C4)C3)n1. The average Bonchev–Trinajstić information content (AvgIpc) is 2.67. The summed E-state index contributed by atoms with van der Waals surface area (Å²) in [6.07, 6.45) is 9.01. The van der Waals surface area contributed by atoms with E-state index in [1.54, 1.807) is 6.20 Å². The third-order valence-electron chi connectivity index (χ3n) is 6.78. The van der Waals surface area contributed by atoms with E-state index in [2.05, 4.69) is 26.7 Å². The van der Waals surface area contributed by atoms with E-state index in [0.29, 0.717) is 28.4 Å². The molecule has 5 atom stereocenters. The highest BCUT2D eigenvalue weighted by molar-refractivity contribution is 7.98. The molecule has 7 nitrogen and oxygen atoms in total. The van der Waals surface area contributed by atoms with Crippen LogP contribution in [0.4, 0.5) is 10.6 Å². The maximum atomic E-state index is 12.4. The number of amides is 1. The van der Waals surface area contributed by atoms with Gasteiger partial charge in [0.25, 0.3) is 0 Å². The number of alkyl carbamates (subject to hydrolysis) is 1. The van der Waals surface area contributed by atoms with E-state index in [0.717, 1.165) is 25.3 Å². The number of nitriles is 1. The van der Waals surface area contributed by atoms with Gasteiger partial charge in [0, 0.05) is 12.6 Å². The van der Waals surface area contributed by atoms with Crippen LogP contribution in [0, 0.1) is 34.5 Å². The topological polar surface area (TPSA) is 99.9 Å². The lowest BCUT2D eigenvalue weighted by Crippen LogP contribution is -2.60. The van der Waals surface area contributed by atoms with Gasteiger partial charge in [0.05, 0.1) is 6.20 Å². The minimum absolute atomic E-state index is 0.208. The Labute approximate surface area is 182 Å². The van der Waals surface area contributed by atoms with Gasteiger partial charge < -0.3 is 15.4 Å². The summed E-state index contributed by atoms with van der Waals surface area (Å²) < 4.78 is 5.51. The predicted molar refractivity (Wildman–Crippen MR) is 116 cm³/mol. The Balaban J connectivity index is 1.44. The number of nitrogens with one attached hydrogen (secondary N) is 2. The first-order chi connectivity index (χ1) is 14.2. The van der Waals surface area contributed by atoms with E-state index in [-0.39, 0.29) is 17.6 Å². The second-order valence-corrected chi connectivity index (χ2v) is 11.0. The lowest BCUT2D eigenvalue weighted by Gasteiger charge is -2.60. The number of anilines is 1. The van der Waals surface area contributed by atoms with Crippen molar-refractivity contribution >= 4 is 23.7 Å². The Kier molecular flexibility index (Phi) is 5.60. The van der Waals surface area contributed by atoms with E-state index in [1.807, 2.05) is 27.0 Å². The third kappa shape index (κ3) is 4.36. The van der Waals surface area contributed by atoms with Crippen LogP contribution >= 0.6 is 11.8 Å². The van der Waals surface area contributed by atoms with Gasteiger partial charge in [-0.25, -0.2) is 14.8 Å². The van der Waals surface area contributed by atoms with Gasteiger partial charge in [-0.05, 0) is 82.3 Å². The number of aromatic nitrogens is 2. The maximum Gasteiger partial charge on any atom is 0.407 e. The summed E-state index contributed by atoms with van der Waals surface area (Å²) >= 11 is 1.47. The molecule has 2 N–H and O–H groups in total. The molecule has 1 amide bonds. The molecule has 5 rings (SSSR count). The summed E-state index contributed by atoms with van der Waals surface area (Å²) in [6.45, 7) is 6.51. The first-order valence-corrected chi connectivity index (χ1v) is 12.0. The molecule has 4 aliphatic carbocycles. The zero-order chi connectivity index (χ0) is 21.5. The van der Waals surface area contributed by atoms with Gasteiger partial charge >= 0.3 is 6.09 Å². The molecule has 4 saturated carbocycles. The fourth-order valence-corrected chi connectivity index (χ4v) is 6.38. The molecule has 3 unspecified atom stereocenters. The number of hydrogen-bond donors (Lipinski definition) is 2. The fourth-order valence-electron chi connectivity index (χ4n) is 6.04. The predicted octanol–water partition coefficient (Wildman–Crippen LogP) is 4.20. The number of carbonyl (C=O) groups is 1. The van der Waals surface area contributed by atoms with Gasteiger partial charge in [0.15, 0.2) is 5.16 Å². The summed E-state index contributed by atoms with van der Waals surface area (Å²) in [5, 5.41) is 16.8. The van der Waals surface area contributed by atoms with Crippen molar-refractivity contribution in [2.24, 2.45) is 23.2 Å². The molecule has 8 heteroatoms. The van der Waals surface area contributed by atoms with Crippen molar-refractivity contribution in [3.63, 3.8) is 0 Å². The van der Waals surface area contributed by atoms with Gasteiger partial charge in [0.1, 0.15) is 23.1 Å². The van der Waals surface area contributed by atoms with E-state index in [4.69, 9.17) is 4.74 Å². The van der Waals surface area contributed by atoms with E-state index < -0.39 is 5.60 Å². The highest BCUT2D eigenvalue weighted by Gasteiger charge is 2.55. The molecule has 0 aliphatic heterocycles. The number of rotatable bonds is 5. The number of carbonyl (C=O) groups excluding carboxylic acids is 1. The van der Waals surface area contributed by atoms with Gasteiger partial charge in [-0.15, -0.1) is 0 Å². The molecule has 1 aromatic rings. The van der Waals surface area contributed by atoms with Crippen LogP contribution in [0.2, 0.25) is 0 Å². The lowest BCUT2D eigenvalue weighted by molar-refractivity contribution is -0.0703. The second-order valence-electron chi connectivity index (χ2n) is 10.2. The van der Waals surface area contributed by atoms with Gasteiger partial charge in [-0.2, -0.15) is 5.26 Å². The molecule has 0 aromatic carbocycles. The lowest BCUT2D eigenvalue weighted by atomic mass is 9.48. The van der Waals surface area contributed by atoms with Crippen LogP contribution < -0.4 is 10.6 Å². The molecule has 30 heavy (non-hydrogen) atoms. The Morgan fingerprint density at radius 2 is 2.03 bits per heavy atom. The Morgan fingerprint density at radius 1 is 1.33 bits per heavy atom. The third-order valence-corrected chi connectivity index (χ3v) is 7.35. The van der Waals surface area contributed by atoms with Crippen molar-refractivity contribution in [3.05, 3.63) is 11.8 Å². The van der Waals surface area contributed by atoms with Crippen LogP contribution in [-0.4, -0.2) is 40.5 Å². The highest BCUT2D eigenvalue weighted by Crippen LogP contribution is 2.60. The summed E-state index contributed by atoms with van der Waals surface area (Å²) in [5.41, 5.74) is 0.217. The maximum absolute atomic E-state index is 12.4. The molecule has 0 radical (unpaired) electrons.